The molecule has 1 atom stereocenters. The summed E-state index contributed by atoms with van der Waals surface area (Å²) in [7, 11) is 1.93. The molecule has 0 bridgehead atoms. The Morgan fingerprint density at radius 3 is 2.96 bits per heavy atom. The largest absolute Gasteiger partial charge is 0.493 e. The molecule has 25 heavy (non-hydrogen) atoms. The van der Waals surface area contributed by atoms with E-state index in [2.05, 4.69) is 10.4 Å². The standard InChI is InChI=1S/C17H22N4O3S/c1-3-23-14-7-5-4-6-13(14)16-19-21(17(25)24-16)11-20(2)10-15(22)18-12-8-9-12/h4-7,12H,3,8-11H2,1-2H3,(H,18,22)/p+1. The fourth-order valence-corrected chi connectivity index (χ4v) is 2.72. The molecule has 1 unspecified atom stereocenters. The predicted molar refractivity (Wildman–Crippen MR) is 94.9 cm³/mol. The number of quaternary nitrogens is 1. The number of hydrogen-bond donors (Lipinski definition) is 2. The molecular weight excluding hydrogens is 340 g/mol. The van der Waals surface area contributed by atoms with Gasteiger partial charge in [0.05, 0.1) is 19.2 Å². The van der Waals surface area contributed by atoms with Gasteiger partial charge < -0.3 is 19.4 Å². The van der Waals surface area contributed by atoms with Gasteiger partial charge in [-0.05, 0) is 44.1 Å². The van der Waals surface area contributed by atoms with Gasteiger partial charge in [0.2, 0.25) is 0 Å². The van der Waals surface area contributed by atoms with Crippen molar-refractivity contribution in [2.45, 2.75) is 32.5 Å². The van der Waals surface area contributed by atoms with E-state index < -0.39 is 0 Å². The lowest BCUT2D eigenvalue weighted by molar-refractivity contribution is -0.895. The second-order valence-electron chi connectivity index (χ2n) is 6.24. The molecule has 2 aromatic rings. The second kappa shape index (κ2) is 7.79. The molecule has 1 heterocycles. The summed E-state index contributed by atoms with van der Waals surface area (Å²) in [6, 6.07) is 7.92. The molecular formula is C17H23N4O3S+. The molecule has 1 aromatic heterocycles. The van der Waals surface area contributed by atoms with Gasteiger partial charge in [0.1, 0.15) is 5.75 Å². The Morgan fingerprint density at radius 2 is 2.24 bits per heavy atom. The van der Waals surface area contributed by atoms with E-state index in [9.17, 15) is 4.79 Å². The zero-order chi connectivity index (χ0) is 17.8. The summed E-state index contributed by atoms with van der Waals surface area (Å²) < 4.78 is 12.9. The van der Waals surface area contributed by atoms with Crippen LogP contribution in [0.25, 0.3) is 11.5 Å². The van der Waals surface area contributed by atoms with E-state index in [1.807, 2.05) is 38.2 Å². The van der Waals surface area contributed by atoms with Crippen molar-refractivity contribution in [3.05, 3.63) is 29.1 Å². The van der Waals surface area contributed by atoms with Crippen LogP contribution in [0.4, 0.5) is 0 Å². The number of likely N-dealkylation sites (N-methyl/N-ethyl adjacent to an activating group) is 1. The van der Waals surface area contributed by atoms with Crippen LogP contribution in [0.5, 0.6) is 5.75 Å². The highest BCUT2D eigenvalue weighted by Gasteiger charge is 2.24. The van der Waals surface area contributed by atoms with Crippen LogP contribution in [-0.2, 0) is 11.5 Å². The molecule has 7 nitrogen and oxygen atoms in total. The number of carbonyl (C=O) groups is 1. The van der Waals surface area contributed by atoms with Crippen molar-refractivity contribution in [2.24, 2.45) is 0 Å². The Labute approximate surface area is 151 Å². The maximum absolute atomic E-state index is 11.9. The first-order valence-electron chi connectivity index (χ1n) is 8.47. The molecule has 0 saturated heterocycles. The Bertz CT molecular complexity index is 797. The fraction of sp³-hybridized carbons (Fsp3) is 0.471. The average molecular weight is 363 g/mol. The highest BCUT2D eigenvalue weighted by Crippen LogP contribution is 2.28. The second-order valence-corrected chi connectivity index (χ2v) is 6.58. The molecule has 1 aliphatic rings. The molecule has 1 fully saturated rings. The normalized spacial score (nSPS) is 15.0. The van der Waals surface area contributed by atoms with Gasteiger partial charge in [0.15, 0.2) is 13.2 Å². The highest BCUT2D eigenvalue weighted by atomic mass is 32.1. The van der Waals surface area contributed by atoms with Crippen LogP contribution < -0.4 is 15.0 Å². The molecule has 1 aromatic carbocycles. The molecule has 3 rings (SSSR count). The van der Waals surface area contributed by atoms with Crippen LogP contribution in [0.2, 0.25) is 0 Å². The number of nitrogens with one attached hydrogen (secondary N) is 2. The van der Waals surface area contributed by atoms with E-state index in [0.29, 0.717) is 37.5 Å². The van der Waals surface area contributed by atoms with Crippen molar-refractivity contribution in [1.29, 1.82) is 0 Å². The highest BCUT2D eigenvalue weighted by molar-refractivity contribution is 7.71. The van der Waals surface area contributed by atoms with Gasteiger partial charge in [0.25, 0.3) is 16.6 Å². The number of carbonyl (C=O) groups excluding carboxylic acids is 1. The number of benzene rings is 1. The Hall–Kier alpha value is -2.19. The van der Waals surface area contributed by atoms with Gasteiger partial charge >= 0.3 is 0 Å². The first-order chi connectivity index (χ1) is 12.1. The molecule has 8 heteroatoms. The van der Waals surface area contributed by atoms with Crippen molar-refractivity contribution >= 4 is 18.1 Å². The van der Waals surface area contributed by atoms with E-state index in [1.165, 1.54) is 0 Å². The Morgan fingerprint density at radius 1 is 1.48 bits per heavy atom. The first kappa shape index (κ1) is 17.6. The summed E-state index contributed by atoms with van der Waals surface area (Å²) in [5.41, 5.74) is 0.762. The molecule has 1 aliphatic carbocycles. The lowest BCUT2D eigenvalue weighted by Gasteiger charge is -2.12. The van der Waals surface area contributed by atoms with Crippen LogP contribution in [0.15, 0.2) is 28.7 Å². The number of rotatable bonds is 8. The number of ether oxygens (including phenoxy) is 1. The number of hydrogen-bond acceptors (Lipinski definition) is 5. The zero-order valence-corrected chi connectivity index (χ0v) is 15.3. The summed E-state index contributed by atoms with van der Waals surface area (Å²) in [6.07, 6.45) is 2.17. The first-order valence-corrected chi connectivity index (χ1v) is 8.88. The van der Waals surface area contributed by atoms with Crippen LogP contribution in [0.3, 0.4) is 0 Å². The number of para-hydroxylation sites is 1. The maximum Gasteiger partial charge on any atom is 0.292 e. The smallest absolute Gasteiger partial charge is 0.292 e. The van der Waals surface area contributed by atoms with Gasteiger partial charge in [-0.25, -0.2) is 0 Å². The van der Waals surface area contributed by atoms with E-state index in [-0.39, 0.29) is 10.7 Å². The quantitative estimate of drug-likeness (QED) is 0.685. The summed E-state index contributed by atoms with van der Waals surface area (Å²) in [5.74, 6) is 1.18. The summed E-state index contributed by atoms with van der Waals surface area (Å²) in [5, 5.41) is 7.44. The van der Waals surface area contributed by atoms with Crippen molar-refractivity contribution in [1.82, 2.24) is 15.1 Å². The van der Waals surface area contributed by atoms with Gasteiger partial charge in [0, 0.05) is 6.04 Å². The van der Waals surface area contributed by atoms with Gasteiger partial charge in [-0.2, -0.15) is 4.68 Å². The van der Waals surface area contributed by atoms with Crippen molar-refractivity contribution < 1.29 is 18.8 Å². The van der Waals surface area contributed by atoms with E-state index in [1.54, 1.807) is 4.68 Å². The van der Waals surface area contributed by atoms with E-state index in [0.717, 1.165) is 23.3 Å². The van der Waals surface area contributed by atoms with Crippen LogP contribution in [0, 0.1) is 4.84 Å². The molecule has 0 spiro atoms. The molecule has 2 N–H and O–H groups in total. The molecule has 0 aliphatic heterocycles. The molecule has 1 saturated carbocycles. The average Bonchev–Trinajstić information content (AvgIpc) is 3.30. The number of amides is 1. The summed E-state index contributed by atoms with van der Waals surface area (Å²) in [4.78, 5) is 13.2. The Balaban J connectivity index is 1.69. The van der Waals surface area contributed by atoms with Gasteiger partial charge in [-0.15, -0.1) is 5.10 Å². The SMILES string of the molecule is CCOc1ccccc1-c1nn(C[NH+](C)CC(=O)NC2CC2)c(=S)o1. The molecule has 134 valence electrons. The van der Waals surface area contributed by atoms with Gasteiger partial charge in [-0.3, -0.25) is 4.79 Å². The predicted octanol–water partition coefficient (Wildman–Crippen LogP) is 1.02. The fourth-order valence-electron chi connectivity index (χ4n) is 2.53. The lowest BCUT2D eigenvalue weighted by atomic mass is 10.2. The van der Waals surface area contributed by atoms with Crippen molar-refractivity contribution in [2.75, 3.05) is 20.2 Å². The molecule has 0 radical (unpaired) electrons. The monoisotopic (exact) mass is 363 g/mol. The van der Waals surface area contributed by atoms with E-state index >= 15 is 0 Å². The van der Waals surface area contributed by atoms with E-state index in [4.69, 9.17) is 21.4 Å². The third kappa shape index (κ3) is 4.67. The molecule has 1 amide bonds. The third-order valence-corrected chi connectivity index (χ3v) is 4.14. The van der Waals surface area contributed by atoms with Crippen LogP contribution >= 0.6 is 12.2 Å². The third-order valence-electron chi connectivity index (χ3n) is 3.85. The minimum Gasteiger partial charge on any atom is -0.493 e. The number of nitrogens with zero attached hydrogens (tertiary/aromatic N) is 2. The van der Waals surface area contributed by atoms with Crippen molar-refractivity contribution in [3.63, 3.8) is 0 Å². The van der Waals surface area contributed by atoms with Gasteiger partial charge in [-0.1, -0.05) is 12.1 Å². The number of aromatic nitrogens is 2. The lowest BCUT2D eigenvalue weighted by Crippen LogP contribution is -3.09. The summed E-state index contributed by atoms with van der Waals surface area (Å²) >= 11 is 5.27. The maximum atomic E-state index is 11.9. The van der Waals surface area contributed by atoms with Crippen LogP contribution in [-0.4, -0.2) is 41.9 Å². The minimum atomic E-state index is 0.0527. The van der Waals surface area contributed by atoms with Crippen molar-refractivity contribution in [3.8, 4) is 17.2 Å². The summed E-state index contributed by atoms with van der Waals surface area (Å²) in [6.45, 7) is 3.31. The topological polar surface area (TPSA) is 73.7 Å². The van der Waals surface area contributed by atoms with Crippen LogP contribution in [0.1, 0.15) is 19.8 Å². The zero-order valence-electron chi connectivity index (χ0n) is 14.4. The minimum absolute atomic E-state index is 0.0527. The Kier molecular flexibility index (Phi) is 5.50.